The van der Waals surface area contributed by atoms with E-state index in [1.807, 2.05) is 13.8 Å². The maximum absolute atomic E-state index is 12.0. The van der Waals surface area contributed by atoms with Crippen molar-refractivity contribution in [2.24, 2.45) is 11.7 Å². The van der Waals surface area contributed by atoms with E-state index in [-0.39, 0.29) is 35.1 Å². The van der Waals surface area contributed by atoms with Gasteiger partial charge in [-0.15, -0.1) is 23.7 Å². The first-order valence-corrected chi connectivity index (χ1v) is 9.58. The Hall–Kier alpha value is -0.190. The van der Waals surface area contributed by atoms with Gasteiger partial charge in [0.2, 0.25) is 5.91 Å². The zero-order valence-corrected chi connectivity index (χ0v) is 16.4. The maximum Gasteiger partial charge on any atom is 0.250 e. The van der Waals surface area contributed by atoms with Crippen molar-refractivity contribution in [3.63, 3.8) is 0 Å². The molecule has 1 aromatic heterocycles. The van der Waals surface area contributed by atoms with Crippen molar-refractivity contribution >= 4 is 55.6 Å². The molecule has 22 heavy (non-hydrogen) atoms. The van der Waals surface area contributed by atoms with Crippen molar-refractivity contribution in [3.05, 3.63) is 15.9 Å². The minimum atomic E-state index is -3.65. The maximum atomic E-state index is 12.0. The van der Waals surface area contributed by atoms with Gasteiger partial charge < -0.3 is 11.1 Å². The molecule has 1 amide bonds. The third kappa shape index (κ3) is 7.38. The molecule has 10 heteroatoms. The molecule has 0 radical (unpaired) electrons. The van der Waals surface area contributed by atoms with E-state index in [0.29, 0.717) is 16.2 Å². The number of hydrogen-bond acceptors (Lipinski definition) is 5. The smallest absolute Gasteiger partial charge is 0.250 e. The Morgan fingerprint density at radius 2 is 2.05 bits per heavy atom. The van der Waals surface area contributed by atoms with Gasteiger partial charge in [-0.2, -0.15) is 0 Å². The van der Waals surface area contributed by atoms with Crippen LogP contribution in [0.25, 0.3) is 0 Å². The summed E-state index contributed by atoms with van der Waals surface area (Å²) in [4.78, 5) is 11.8. The van der Waals surface area contributed by atoms with Crippen molar-refractivity contribution in [1.29, 1.82) is 0 Å². The van der Waals surface area contributed by atoms with Gasteiger partial charge in [-0.25, -0.2) is 13.1 Å². The highest BCUT2D eigenvalue weighted by molar-refractivity contribution is 9.11. The van der Waals surface area contributed by atoms with E-state index in [1.54, 1.807) is 6.07 Å². The molecule has 0 bridgehead atoms. The summed E-state index contributed by atoms with van der Waals surface area (Å²) in [6.07, 6.45) is 0.757. The standard InChI is InChI=1S/C12H20BrN3O3S2.ClH/c1-8(2)5-9(6-14)16-11(17)7-15-21(18,19)12-4-3-10(13)20-12;/h3-4,8-9,15H,5-7,14H2,1-2H3,(H,16,17);1H. The molecule has 6 nitrogen and oxygen atoms in total. The molecule has 0 saturated heterocycles. The monoisotopic (exact) mass is 433 g/mol. The topological polar surface area (TPSA) is 101 Å². The molecule has 1 rings (SSSR count). The Labute approximate surface area is 149 Å². The third-order valence-electron chi connectivity index (χ3n) is 2.64. The third-order valence-corrected chi connectivity index (χ3v) is 6.16. The van der Waals surface area contributed by atoms with Crippen molar-refractivity contribution in [1.82, 2.24) is 10.0 Å². The van der Waals surface area contributed by atoms with Crippen molar-refractivity contribution in [3.8, 4) is 0 Å². The van der Waals surface area contributed by atoms with Crippen LogP contribution in [-0.2, 0) is 14.8 Å². The Bertz CT molecular complexity index is 578. The van der Waals surface area contributed by atoms with E-state index in [1.165, 1.54) is 6.07 Å². The zero-order valence-electron chi connectivity index (χ0n) is 12.3. The molecular formula is C12H21BrClN3O3S2. The minimum Gasteiger partial charge on any atom is -0.351 e. The van der Waals surface area contributed by atoms with E-state index in [4.69, 9.17) is 5.73 Å². The number of carbonyl (C=O) groups is 1. The summed E-state index contributed by atoms with van der Waals surface area (Å²) in [6, 6.07) is 2.99. The molecule has 0 aliphatic rings. The molecule has 1 heterocycles. The molecule has 1 unspecified atom stereocenters. The van der Waals surface area contributed by atoms with Crippen molar-refractivity contribution < 1.29 is 13.2 Å². The molecule has 128 valence electrons. The number of sulfonamides is 1. The molecular weight excluding hydrogens is 414 g/mol. The van der Waals surface area contributed by atoms with Crippen LogP contribution in [0.4, 0.5) is 0 Å². The summed E-state index contributed by atoms with van der Waals surface area (Å²) in [5, 5.41) is 2.73. The highest BCUT2D eigenvalue weighted by Gasteiger charge is 2.19. The lowest BCUT2D eigenvalue weighted by Crippen LogP contribution is -2.45. The summed E-state index contributed by atoms with van der Waals surface area (Å²) in [6.45, 7) is 4.10. The largest absolute Gasteiger partial charge is 0.351 e. The molecule has 0 saturated carbocycles. The van der Waals surface area contributed by atoms with Gasteiger partial charge in [0.15, 0.2) is 0 Å². The van der Waals surface area contributed by atoms with Crippen molar-refractivity contribution in [2.45, 2.75) is 30.5 Å². The van der Waals surface area contributed by atoms with Gasteiger partial charge in [-0.1, -0.05) is 13.8 Å². The summed E-state index contributed by atoms with van der Waals surface area (Å²) < 4.78 is 27.1. The van der Waals surface area contributed by atoms with Crippen molar-refractivity contribution in [2.75, 3.05) is 13.1 Å². The van der Waals surface area contributed by atoms with E-state index in [2.05, 4.69) is 26.0 Å². The van der Waals surface area contributed by atoms with Crippen LogP contribution in [0.5, 0.6) is 0 Å². The van der Waals surface area contributed by atoms with Gasteiger partial charge in [0.1, 0.15) is 4.21 Å². The first kappa shape index (κ1) is 21.8. The van der Waals surface area contributed by atoms with Crippen LogP contribution in [0.3, 0.4) is 0 Å². The van der Waals surface area contributed by atoms with Crippen LogP contribution in [0, 0.1) is 5.92 Å². The van der Waals surface area contributed by atoms with Crippen LogP contribution in [0.15, 0.2) is 20.1 Å². The van der Waals surface area contributed by atoms with Gasteiger partial charge >= 0.3 is 0 Å². The first-order chi connectivity index (χ1) is 9.74. The lowest BCUT2D eigenvalue weighted by atomic mass is 10.0. The van der Waals surface area contributed by atoms with Crippen LogP contribution < -0.4 is 15.8 Å². The van der Waals surface area contributed by atoms with Gasteiger partial charge in [0.05, 0.1) is 10.3 Å². The highest BCUT2D eigenvalue weighted by Crippen LogP contribution is 2.25. The summed E-state index contributed by atoms with van der Waals surface area (Å²) >= 11 is 4.29. The van der Waals surface area contributed by atoms with Crippen LogP contribution in [0.2, 0.25) is 0 Å². The van der Waals surface area contributed by atoms with Crippen LogP contribution >= 0.6 is 39.7 Å². The zero-order chi connectivity index (χ0) is 16.0. The van der Waals surface area contributed by atoms with E-state index < -0.39 is 10.0 Å². The number of carbonyl (C=O) groups excluding carboxylic acids is 1. The lowest BCUT2D eigenvalue weighted by molar-refractivity contribution is -0.120. The first-order valence-electron chi connectivity index (χ1n) is 6.49. The lowest BCUT2D eigenvalue weighted by Gasteiger charge is -2.18. The fourth-order valence-electron chi connectivity index (χ4n) is 1.74. The molecule has 0 aromatic carbocycles. The van der Waals surface area contributed by atoms with Crippen LogP contribution in [0.1, 0.15) is 20.3 Å². The number of nitrogens with one attached hydrogen (secondary N) is 2. The molecule has 0 aliphatic carbocycles. The molecule has 1 atom stereocenters. The number of hydrogen-bond donors (Lipinski definition) is 3. The number of rotatable bonds is 8. The van der Waals surface area contributed by atoms with Gasteiger partial charge in [-0.3, -0.25) is 4.79 Å². The summed E-state index contributed by atoms with van der Waals surface area (Å²) in [5.41, 5.74) is 5.59. The second kappa shape index (κ2) is 9.84. The number of thiophene rings is 1. The second-order valence-electron chi connectivity index (χ2n) is 5.01. The van der Waals surface area contributed by atoms with Gasteiger partial charge in [-0.05, 0) is 40.4 Å². The highest BCUT2D eigenvalue weighted by atomic mass is 79.9. The molecule has 1 aromatic rings. The summed E-state index contributed by atoms with van der Waals surface area (Å²) in [7, 11) is -3.65. The molecule has 0 aliphatic heterocycles. The fourth-order valence-corrected chi connectivity index (χ4v) is 4.77. The number of halogens is 2. The minimum absolute atomic E-state index is 0. The molecule has 0 spiro atoms. The second-order valence-corrected chi connectivity index (χ2v) is 9.47. The quantitative estimate of drug-likeness (QED) is 0.579. The van der Waals surface area contributed by atoms with E-state index in [0.717, 1.165) is 17.8 Å². The average Bonchev–Trinajstić information content (AvgIpc) is 2.82. The number of nitrogens with two attached hydrogens (primary N) is 1. The van der Waals surface area contributed by atoms with Gasteiger partial charge in [0.25, 0.3) is 10.0 Å². The van der Waals surface area contributed by atoms with E-state index >= 15 is 0 Å². The van der Waals surface area contributed by atoms with E-state index in [9.17, 15) is 13.2 Å². The van der Waals surface area contributed by atoms with Crippen LogP contribution in [-0.4, -0.2) is 33.5 Å². The Morgan fingerprint density at radius 3 is 2.50 bits per heavy atom. The molecule has 4 N–H and O–H groups in total. The predicted octanol–water partition coefficient (Wildman–Crippen LogP) is 1.70. The SMILES string of the molecule is CC(C)CC(CN)NC(=O)CNS(=O)(=O)c1ccc(Br)s1.Cl. The predicted molar refractivity (Wildman–Crippen MR) is 94.9 cm³/mol. The normalized spacial score (nSPS) is 12.8. The molecule has 0 fully saturated rings. The van der Waals surface area contributed by atoms with Gasteiger partial charge in [0, 0.05) is 12.6 Å². The average molecular weight is 435 g/mol. The summed E-state index contributed by atoms with van der Waals surface area (Å²) in [5.74, 6) is 0.0179. The Morgan fingerprint density at radius 1 is 1.41 bits per heavy atom. The number of amides is 1. The Kier molecular flexibility index (Phi) is 9.75. The fraction of sp³-hybridized carbons (Fsp3) is 0.583. The Balaban J connectivity index is 0.00000441.